The first-order chi connectivity index (χ1) is 11.5. The van der Waals surface area contributed by atoms with Crippen molar-refractivity contribution in [3.8, 4) is 0 Å². The summed E-state index contributed by atoms with van der Waals surface area (Å²) in [5, 5.41) is 4.90. The molecule has 2 N–H and O–H groups in total. The summed E-state index contributed by atoms with van der Waals surface area (Å²) in [6.07, 6.45) is 4.34. The van der Waals surface area contributed by atoms with Crippen LogP contribution >= 0.6 is 11.3 Å². The van der Waals surface area contributed by atoms with Crippen molar-refractivity contribution in [2.75, 3.05) is 0 Å². The van der Waals surface area contributed by atoms with Gasteiger partial charge in [0, 0.05) is 23.0 Å². The molecule has 1 heterocycles. The van der Waals surface area contributed by atoms with E-state index in [1.54, 1.807) is 12.1 Å². The maximum absolute atomic E-state index is 12.3. The lowest BCUT2D eigenvalue weighted by molar-refractivity contribution is 0.0938. The lowest BCUT2D eigenvalue weighted by Crippen LogP contribution is -2.32. The van der Waals surface area contributed by atoms with E-state index in [0.717, 1.165) is 30.6 Å². The van der Waals surface area contributed by atoms with Crippen molar-refractivity contribution in [2.24, 2.45) is 0 Å². The number of carbonyl (C=O) groups excluding carboxylic acids is 1. The van der Waals surface area contributed by atoms with Gasteiger partial charge in [-0.1, -0.05) is 18.9 Å². The average Bonchev–Trinajstić information content (AvgIpc) is 3.27. The third-order valence-electron chi connectivity index (χ3n) is 4.13. The number of hydrogen-bond acceptors (Lipinski definition) is 4. The largest absolute Gasteiger partial charge is 0.349 e. The highest BCUT2D eigenvalue weighted by molar-refractivity contribution is 7.89. The quantitative estimate of drug-likeness (QED) is 0.827. The van der Waals surface area contributed by atoms with Crippen molar-refractivity contribution in [2.45, 2.75) is 43.2 Å². The number of rotatable bonds is 6. The Morgan fingerprint density at radius 1 is 1.12 bits per heavy atom. The molecule has 0 unspecified atom stereocenters. The number of benzene rings is 1. The number of hydrogen-bond donors (Lipinski definition) is 2. The van der Waals surface area contributed by atoms with Crippen LogP contribution in [0.25, 0.3) is 0 Å². The molecule has 7 heteroatoms. The van der Waals surface area contributed by atoms with Crippen molar-refractivity contribution in [1.82, 2.24) is 10.0 Å². The van der Waals surface area contributed by atoms with E-state index in [-0.39, 0.29) is 23.4 Å². The van der Waals surface area contributed by atoms with Crippen molar-refractivity contribution in [3.63, 3.8) is 0 Å². The standard InChI is InChI=1S/C17H20N2O3S2/c20-17(19-14-4-1-2-5-14)13-7-9-16(10-8-13)24(21,22)18-12-15-6-3-11-23-15/h3,6-11,14,18H,1-2,4-5,12H2,(H,19,20). The summed E-state index contributed by atoms with van der Waals surface area (Å²) in [5.74, 6) is -0.141. The van der Waals surface area contributed by atoms with Crippen molar-refractivity contribution in [3.05, 3.63) is 52.2 Å². The first-order valence-electron chi connectivity index (χ1n) is 7.97. The first-order valence-corrected chi connectivity index (χ1v) is 10.3. The monoisotopic (exact) mass is 364 g/mol. The van der Waals surface area contributed by atoms with Crippen LogP contribution in [0.1, 0.15) is 40.9 Å². The Balaban J connectivity index is 1.63. The minimum atomic E-state index is -3.58. The van der Waals surface area contributed by atoms with E-state index in [9.17, 15) is 13.2 Å². The molecule has 3 rings (SSSR count). The summed E-state index contributed by atoms with van der Waals surface area (Å²) in [5.41, 5.74) is 0.485. The molecule has 1 amide bonds. The molecule has 0 atom stereocenters. The molecular weight excluding hydrogens is 344 g/mol. The van der Waals surface area contributed by atoms with Crippen LogP contribution in [0.5, 0.6) is 0 Å². The maximum atomic E-state index is 12.3. The predicted octanol–water partition coefficient (Wildman–Crippen LogP) is 2.90. The van der Waals surface area contributed by atoms with Gasteiger partial charge in [-0.05, 0) is 48.6 Å². The maximum Gasteiger partial charge on any atom is 0.251 e. The molecule has 2 aromatic rings. The van der Waals surface area contributed by atoms with E-state index < -0.39 is 10.0 Å². The molecule has 0 radical (unpaired) electrons. The van der Waals surface area contributed by atoms with E-state index in [0.29, 0.717) is 5.56 Å². The van der Waals surface area contributed by atoms with E-state index in [4.69, 9.17) is 0 Å². The van der Waals surface area contributed by atoms with Crippen molar-refractivity contribution >= 4 is 27.3 Å². The van der Waals surface area contributed by atoms with Gasteiger partial charge in [-0.3, -0.25) is 4.79 Å². The van der Waals surface area contributed by atoms with Gasteiger partial charge in [0.15, 0.2) is 0 Å². The number of carbonyl (C=O) groups is 1. The van der Waals surface area contributed by atoms with E-state index >= 15 is 0 Å². The van der Waals surface area contributed by atoms with Gasteiger partial charge in [-0.2, -0.15) is 0 Å². The van der Waals surface area contributed by atoms with Crippen LogP contribution in [0.15, 0.2) is 46.7 Å². The van der Waals surface area contributed by atoms with Gasteiger partial charge in [0.25, 0.3) is 5.91 Å². The number of thiophene rings is 1. The molecule has 1 aromatic carbocycles. The Morgan fingerprint density at radius 3 is 2.46 bits per heavy atom. The molecule has 128 valence electrons. The lowest BCUT2D eigenvalue weighted by Gasteiger charge is -2.12. The second-order valence-electron chi connectivity index (χ2n) is 5.88. The van der Waals surface area contributed by atoms with E-state index in [2.05, 4.69) is 10.0 Å². The van der Waals surface area contributed by atoms with Crippen LogP contribution in [-0.4, -0.2) is 20.4 Å². The molecule has 0 saturated heterocycles. The first kappa shape index (κ1) is 17.1. The molecule has 1 aromatic heterocycles. The minimum Gasteiger partial charge on any atom is -0.349 e. The van der Waals surface area contributed by atoms with Crippen LogP contribution in [0, 0.1) is 0 Å². The molecule has 0 bridgehead atoms. The molecular formula is C17H20N2O3S2. The number of amides is 1. The molecule has 1 saturated carbocycles. The summed E-state index contributed by atoms with van der Waals surface area (Å²) in [4.78, 5) is 13.3. The third-order valence-corrected chi connectivity index (χ3v) is 6.43. The topological polar surface area (TPSA) is 75.3 Å². The second kappa shape index (κ2) is 7.46. The zero-order valence-electron chi connectivity index (χ0n) is 13.2. The smallest absolute Gasteiger partial charge is 0.251 e. The highest BCUT2D eigenvalue weighted by atomic mass is 32.2. The van der Waals surface area contributed by atoms with Crippen molar-refractivity contribution < 1.29 is 13.2 Å². The van der Waals surface area contributed by atoms with Crippen LogP contribution in [-0.2, 0) is 16.6 Å². The zero-order chi connectivity index (χ0) is 17.0. The van der Waals surface area contributed by atoms with Gasteiger partial charge in [0.05, 0.1) is 4.90 Å². The van der Waals surface area contributed by atoms with E-state index in [1.165, 1.54) is 23.5 Å². The SMILES string of the molecule is O=C(NC1CCCC1)c1ccc(S(=O)(=O)NCc2cccs2)cc1. The predicted molar refractivity (Wildman–Crippen MR) is 94.5 cm³/mol. The summed E-state index contributed by atoms with van der Waals surface area (Å²) in [6, 6.07) is 10.1. The molecule has 1 fully saturated rings. The Bertz CT molecular complexity index is 778. The minimum absolute atomic E-state index is 0.141. The molecule has 0 spiro atoms. The Labute approximate surface area is 146 Å². The second-order valence-corrected chi connectivity index (χ2v) is 8.68. The Morgan fingerprint density at radius 2 is 1.83 bits per heavy atom. The van der Waals surface area contributed by atoms with Crippen molar-refractivity contribution in [1.29, 1.82) is 0 Å². The van der Waals surface area contributed by atoms with Gasteiger partial charge in [0.2, 0.25) is 10.0 Å². The van der Waals surface area contributed by atoms with Gasteiger partial charge >= 0.3 is 0 Å². The van der Waals surface area contributed by atoms with E-state index in [1.807, 2.05) is 17.5 Å². The fourth-order valence-corrected chi connectivity index (χ4v) is 4.53. The molecule has 24 heavy (non-hydrogen) atoms. The van der Waals surface area contributed by atoms with Gasteiger partial charge in [-0.25, -0.2) is 13.1 Å². The summed E-state index contributed by atoms with van der Waals surface area (Å²) in [6.45, 7) is 0.268. The fraction of sp³-hybridized carbons (Fsp3) is 0.353. The fourth-order valence-electron chi connectivity index (χ4n) is 2.79. The highest BCUT2D eigenvalue weighted by Gasteiger charge is 2.19. The number of nitrogens with one attached hydrogen (secondary N) is 2. The zero-order valence-corrected chi connectivity index (χ0v) is 14.8. The third kappa shape index (κ3) is 4.23. The summed E-state index contributed by atoms with van der Waals surface area (Å²) in [7, 11) is -3.58. The molecule has 5 nitrogen and oxygen atoms in total. The average molecular weight is 364 g/mol. The van der Waals surface area contributed by atoms with Crippen LogP contribution in [0.4, 0.5) is 0 Å². The summed E-state index contributed by atoms with van der Waals surface area (Å²) < 4.78 is 27.1. The van der Waals surface area contributed by atoms with Crippen LogP contribution in [0.3, 0.4) is 0 Å². The lowest BCUT2D eigenvalue weighted by atomic mass is 10.2. The van der Waals surface area contributed by atoms with Crippen LogP contribution < -0.4 is 10.0 Å². The van der Waals surface area contributed by atoms with Gasteiger partial charge in [0.1, 0.15) is 0 Å². The molecule has 1 aliphatic carbocycles. The van der Waals surface area contributed by atoms with Crippen LogP contribution in [0.2, 0.25) is 0 Å². The number of sulfonamides is 1. The molecule has 1 aliphatic rings. The summed E-state index contributed by atoms with van der Waals surface area (Å²) >= 11 is 1.50. The van der Waals surface area contributed by atoms with Gasteiger partial charge in [-0.15, -0.1) is 11.3 Å². The Kier molecular flexibility index (Phi) is 5.33. The van der Waals surface area contributed by atoms with Gasteiger partial charge < -0.3 is 5.32 Å². The molecule has 0 aliphatic heterocycles. The highest BCUT2D eigenvalue weighted by Crippen LogP contribution is 2.18. The normalized spacial score (nSPS) is 15.5. The Hall–Kier alpha value is -1.70.